The van der Waals surface area contributed by atoms with Gasteiger partial charge in [-0.1, -0.05) is 45.9 Å². The highest BCUT2D eigenvalue weighted by Gasteiger charge is 2.16. The van der Waals surface area contributed by atoms with E-state index in [0.29, 0.717) is 5.76 Å². The fourth-order valence-corrected chi connectivity index (χ4v) is 2.59. The van der Waals surface area contributed by atoms with Crippen molar-refractivity contribution in [1.29, 1.82) is 0 Å². The number of nitrogens with one attached hydrogen (secondary N) is 1. The van der Waals surface area contributed by atoms with Gasteiger partial charge in [-0.05, 0) is 41.2 Å². The summed E-state index contributed by atoms with van der Waals surface area (Å²) in [6.07, 6.45) is 4.23. The minimum Gasteiger partial charge on any atom is -0.465 e. The molecule has 26 heavy (non-hydrogen) atoms. The monoisotopic (exact) mass is 355 g/mol. The summed E-state index contributed by atoms with van der Waals surface area (Å²) in [5.74, 6) is 0.113. The van der Waals surface area contributed by atoms with Crippen molar-refractivity contribution in [3.63, 3.8) is 0 Å². The summed E-state index contributed by atoms with van der Waals surface area (Å²) in [7, 11) is 0. The molecule has 5 heteroatoms. The van der Waals surface area contributed by atoms with Crippen LogP contribution < -0.4 is 5.32 Å². The summed E-state index contributed by atoms with van der Waals surface area (Å²) in [5, 5.41) is 2.91. The van der Waals surface area contributed by atoms with Gasteiger partial charge in [-0.2, -0.15) is 0 Å². The third kappa shape index (κ3) is 5.34. The molecule has 0 unspecified atom stereocenters. The van der Waals surface area contributed by atoms with E-state index >= 15 is 0 Å². The van der Waals surface area contributed by atoms with Gasteiger partial charge < -0.3 is 14.5 Å². The molecule has 5 nitrogen and oxygen atoms in total. The summed E-state index contributed by atoms with van der Waals surface area (Å²) >= 11 is 0. The molecule has 0 fully saturated rings. The lowest BCUT2D eigenvalue weighted by molar-refractivity contribution is -0.142. The number of amides is 1. The minimum atomic E-state index is -0.599. The highest BCUT2D eigenvalue weighted by Crippen LogP contribution is 2.32. The van der Waals surface area contributed by atoms with E-state index in [9.17, 15) is 9.59 Å². The van der Waals surface area contributed by atoms with Gasteiger partial charge in [0.25, 0.3) is 5.91 Å². The number of furan rings is 1. The normalized spacial score (nSPS) is 11.3. The van der Waals surface area contributed by atoms with Crippen LogP contribution in [0.5, 0.6) is 0 Å². The molecule has 0 aliphatic carbocycles. The molecular weight excluding hydrogens is 330 g/mol. The van der Waals surface area contributed by atoms with Crippen LogP contribution in [0.4, 0.5) is 5.69 Å². The lowest BCUT2D eigenvalue weighted by Gasteiger charge is -2.20. The largest absolute Gasteiger partial charge is 0.465 e. The van der Waals surface area contributed by atoms with Crippen molar-refractivity contribution >= 4 is 23.6 Å². The second kappa shape index (κ2) is 9.04. The van der Waals surface area contributed by atoms with Gasteiger partial charge in [-0.25, -0.2) is 4.79 Å². The van der Waals surface area contributed by atoms with Gasteiger partial charge in [0.2, 0.25) is 0 Å². The van der Waals surface area contributed by atoms with E-state index in [-0.39, 0.29) is 24.3 Å². The maximum atomic E-state index is 12.3. The Morgan fingerprint density at radius 3 is 2.27 bits per heavy atom. The summed E-state index contributed by atoms with van der Waals surface area (Å²) in [6.45, 7) is 7.97. The third-order valence-corrected chi connectivity index (χ3v) is 3.91. The van der Waals surface area contributed by atoms with E-state index in [0.717, 1.165) is 16.8 Å². The summed E-state index contributed by atoms with van der Waals surface area (Å²) in [6, 6.07) is 9.44. The Balaban J connectivity index is 2.00. The summed E-state index contributed by atoms with van der Waals surface area (Å²) < 4.78 is 10.1. The van der Waals surface area contributed by atoms with Gasteiger partial charge in [0, 0.05) is 11.8 Å². The first-order valence-corrected chi connectivity index (χ1v) is 8.69. The van der Waals surface area contributed by atoms with Crippen molar-refractivity contribution in [2.24, 2.45) is 0 Å². The van der Waals surface area contributed by atoms with E-state index in [1.807, 2.05) is 18.2 Å². The molecule has 2 rings (SSSR count). The first kappa shape index (κ1) is 19.5. The van der Waals surface area contributed by atoms with Crippen molar-refractivity contribution in [3.05, 3.63) is 59.6 Å². The maximum Gasteiger partial charge on any atom is 0.331 e. The van der Waals surface area contributed by atoms with Gasteiger partial charge in [-0.3, -0.25) is 4.79 Å². The fraction of sp³-hybridized carbons (Fsp3) is 0.333. The molecule has 2 aromatic rings. The predicted molar refractivity (Wildman–Crippen MR) is 102 cm³/mol. The number of ether oxygens (including phenoxy) is 1. The van der Waals surface area contributed by atoms with Crippen LogP contribution >= 0.6 is 0 Å². The van der Waals surface area contributed by atoms with Crippen LogP contribution in [0.15, 0.2) is 47.1 Å². The molecule has 0 spiro atoms. The SMILES string of the molecule is CC(C)c1cccc(C(C)C)c1NC(=O)COC(=O)C=Cc1ccco1. The van der Waals surface area contributed by atoms with Crippen LogP contribution in [0, 0.1) is 0 Å². The molecular formula is C21H25NO4. The average Bonchev–Trinajstić information content (AvgIpc) is 3.11. The fourth-order valence-electron chi connectivity index (χ4n) is 2.59. The second-order valence-electron chi connectivity index (χ2n) is 6.63. The van der Waals surface area contributed by atoms with Crippen molar-refractivity contribution in [2.75, 3.05) is 11.9 Å². The number of carbonyl (C=O) groups is 2. The number of esters is 1. The van der Waals surface area contributed by atoms with E-state index in [1.54, 1.807) is 12.1 Å². The lowest BCUT2D eigenvalue weighted by atomic mass is 9.92. The zero-order valence-electron chi connectivity index (χ0n) is 15.6. The topological polar surface area (TPSA) is 68.5 Å². The van der Waals surface area contributed by atoms with Crippen LogP contribution in [0.2, 0.25) is 0 Å². The summed E-state index contributed by atoms with van der Waals surface area (Å²) in [4.78, 5) is 24.0. The average molecular weight is 355 g/mol. The van der Waals surface area contributed by atoms with Crippen molar-refractivity contribution in [3.8, 4) is 0 Å². The number of para-hydroxylation sites is 1. The molecule has 1 N–H and O–H groups in total. The predicted octanol–water partition coefficient (Wildman–Crippen LogP) is 4.72. The smallest absolute Gasteiger partial charge is 0.331 e. The molecule has 1 aromatic carbocycles. The zero-order chi connectivity index (χ0) is 19.1. The van der Waals surface area contributed by atoms with Crippen LogP contribution in [-0.2, 0) is 14.3 Å². The van der Waals surface area contributed by atoms with Crippen molar-refractivity contribution in [2.45, 2.75) is 39.5 Å². The number of carbonyl (C=O) groups excluding carboxylic acids is 2. The lowest BCUT2D eigenvalue weighted by Crippen LogP contribution is -2.22. The van der Waals surface area contributed by atoms with Crippen molar-refractivity contribution in [1.82, 2.24) is 0 Å². The standard InChI is InChI=1S/C21H25NO4/c1-14(2)17-8-5-9-18(15(3)4)21(17)22-19(23)13-26-20(24)11-10-16-7-6-12-25-16/h5-12,14-15H,13H2,1-4H3,(H,22,23). The Kier molecular flexibility index (Phi) is 6.78. The van der Waals surface area contributed by atoms with Crippen LogP contribution in [-0.4, -0.2) is 18.5 Å². The number of hydrogen-bond acceptors (Lipinski definition) is 4. The highest BCUT2D eigenvalue weighted by atomic mass is 16.5. The van der Waals surface area contributed by atoms with E-state index in [4.69, 9.17) is 9.15 Å². The Bertz CT molecular complexity index is 747. The van der Waals surface area contributed by atoms with Crippen LogP contribution in [0.25, 0.3) is 6.08 Å². The molecule has 0 bridgehead atoms. The van der Waals surface area contributed by atoms with E-state index in [1.165, 1.54) is 18.4 Å². The Hall–Kier alpha value is -2.82. The molecule has 0 aliphatic rings. The number of benzene rings is 1. The van der Waals surface area contributed by atoms with E-state index in [2.05, 4.69) is 33.0 Å². The highest BCUT2D eigenvalue weighted by molar-refractivity contribution is 5.95. The molecule has 0 aliphatic heterocycles. The minimum absolute atomic E-state index is 0.266. The van der Waals surface area contributed by atoms with Gasteiger partial charge >= 0.3 is 5.97 Å². The zero-order valence-corrected chi connectivity index (χ0v) is 15.6. The Morgan fingerprint density at radius 1 is 1.08 bits per heavy atom. The third-order valence-electron chi connectivity index (χ3n) is 3.91. The van der Waals surface area contributed by atoms with Crippen molar-refractivity contribution < 1.29 is 18.7 Å². The first-order valence-electron chi connectivity index (χ1n) is 8.69. The van der Waals surface area contributed by atoms with Crippen LogP contribution in [0.1, 0.15) is 56.4 Å². The molecule has 0 radical (unpaired) electrons. The Morgan fingerprint density at radius 2 is 1.73 bits per heavy atom. The Labute approximate surface area is 154 Å². The number of hydrogen-bond donors (Lipinski definition) is 1. The number of anilines is 1. The molecule has 138 valence electrons. The van der Waals surface area contributed by atoms with E-state index < -0.39 is 5.97 Å². The quantitative estimate of drug-likeness (QED) is 0.576. The molecule has 0 atom stereocenters. The molecule has 0 saturated carbocycles. The van der Waals surface area contributed by atoms with Gasteiger partial charge in [0.05, 0.1) is 6.26 Å². The number of rotatable bonds is 7. The van der Waals surface area contributed by atoms with Gasteiger partial charge in [0.1, 0.15) is 5.76 Å². The summed E-state index contributed by atoms with van der Waals surface area (Å²) in [5.41, 5.74) is 2.94. The maximum absolute atomic E-state index is 12.3. The molecule has 1 amide bonds. The second-order valence-corrected chi connectivity index (χ2v) is 6.63. The van der Waals surface area contributed by atoms with Crippen LogP contribution in [0.3, 0.4) is 0 Å². The molecule has 0 saturated heterocycles. The molecule has 1 heterocycles. The van der Waals surface area contributed by atoms with Gasteiger partial charge in [0.15, 0.2) is 6.61 Å². The molecule has 1 aromatic heterocycles. The first-order chi connectivity index (χ1) is 12.4. The van der Waals surface area contributed by atoms with Gasteiger partial charge in [-0.15, -0.1) is 0 Å².